The van der Waals surface area contributed by atoms with Crippen LogP contribution >= 0.6 is 11.8 Å². The zero-order chi connectivity index (χ0) is 24.6. The number of nitrogens with one attached hydrogen (secondary N) is 1. The van der Waals surface area contributed by atoms with Gasteiger partial charge in [0.25, 0.3) is 5.56 Å². The summed E-state index contributed by atoms with van der Waals surface area (Å²) in [5, 5.41) is 4.26. The topological polar surface area (TPSA) is 93.5 Å². The highest BCUT2D eigenvalue weighted by Crippen LogP contribution is 2.23. The number of hydrogen-bond donors (Lipinski definition) is 1. The number of benzene rings is 1. The van der Waals surface area contributed by atoms with Gasteiger partial charge in [-0.2, -0.15) is 0 Å². The number of fused-ring (bicyclic) bond motifs is 1. The first kappa shape index (κ1) is 25.3. The molecule has 1 aliphatic carbocycles. The maximum Gasteiger partial charge on any atom is 0.409 e. The van der Waals surface area contributed by atoms with Gasteiger partial charge in [0.1, 0.15) is 0 Å². The fourth-order valence-corrected chi connectivity index (χ4v) is 5.50. The van der Waals surface area contributed by atoms with E-state index < -0.39 is 0 Å². The van der Waals surface area contributed by atoms with Crippen molar-refractivity contribution in [2.75, 3.05) is 25.4 Å². The van der Waals surface area contributed by atoms with E-state index in [-0.39, 0.29) is 29.4 Å². The molecule has 0 saturated carbocycles. The molecule has 9 heteroatoms. The van der Waals surface area contributed by atoms with Crippen molar-refractivity contribution in [2.24, 2.45) is 0 Å². The molecule has 0 bridgehead atoms. The summed E-state index contributed by atoms with van der Waals surface area (Å²) in [5.74, 6) is 0.0968. The van der Waals surface area contributed by atoms with Crippen LogP contribution in [0.3, 0.4) is 0 Å². The average Bonchev–Trinajstić information content (AvgIpc) is 2.88. The van der Waals surface area contributed by atoms with Crippen molar-refractivity contribution in [3.63, 3.8) is 0 Å². The molecule has 2 heterocycles. The number of amides is 2. The monoisotopic (exact) mass is 498 g/mol. The standard InChI is InChI=1S/C26H34N4O4S/c1-2-34-26(33)29-15-13-20(14-16-29)27-23(31)18-35-25-28-22-11-7-6-10-21(22)24(32)30(25)17-12-19-8-4-3-5-9-19/h6-8,10-11,20H,2-5,9,12-18H2,1H3,(H,27,31). The van der Waals surface area contributed by atoms with Gasteiger partial charge in [0, 0.05) is 25.7 Å². The Morgan fingerprint density at radius 3 is 2.74 bits per heavy atom. The number of carbonyl (C=O) groups excluding carboxylic acids is 2. The van der Waals surface area contributed by atoms with Gasteiger partial charge in [0.05, 0.1) is 23.3 Å². The normalized spacial score (nSPS) is 16.7. The number of rotatable bonds is 8. The molecular formula is C26H34N4O4S. The zero-order valence-electron chi connectivity index (χ0n) is 20.3. The lowest BCUT2D eigenvalue weighted by atomic mass is 9.97. The zero-order valence-corrected chi connectivity index (χ0v) is 21.1. The Morgan fingerprint density at radius 1 is 1.20 bits per heavy atom. The van der Waals surface area contributed by atoms with Crippen LogP contribution in [0.2, 0.25) is 0 Å². The van der Waals surface area contributed by atoms with Crippen LogP contribution < -0.4 is 10.9 Å². The first-order chi connectivity index (χ1) is 17.0. The van der Waals surface area contributed by atoms with Gasteiger partial charge in [0.2, 0.25) is 5.91 Å². The summed E-state index contributed by atoms with van der Waals surface area (Å²) >= 11 is 1.31. The van der Waals surface area contributed by atoms with Crippen LogP contribution in [0.25, 0.3) is 10.9 Å². The third-order valence-electron chi connectivity index (χ3n) is 6.59. The first-order valence-corrected chi connectivity index (χ1v) is 13.5. The molecule has 1 aliphatic heterocycles. The Morgan fingerprint density at radius 2 is 2.00 bits per heavy atom. The quantitative estimate of drug-likeness (QED) is 0.334. The second kappa shape index (κ2) is 12.2. The lowest BCUT2D eigenvalue weighted by Gasteiger charge is -2.31. The Labute approximate surface area is 210 Å². The van der Waals surface area contributed by atoms with Crippen molar-refractivity contribution in [3.8, 4) is 0 Å². The van der Waals surface area contributed by atoms with Crippen LogP contribution in [0.5, 0.6) is 0 Å². The molecule has 1 fully saturated rings. The number of hydrogen-bond acceptors (Lipinski definition) is 6. The van der Waals surface area contributed by atoms with Crippen LogP contribution in [-0.2, 0) is 16.1 Å². The molecule has 1 aromatic carbocycles. The Hall–Kier alpha value is -2.81. The lowest BCUT2D eigenvalue weighted by molar-refractivity contribution is -0.119. The summed E-state index contributed by atoms with van der Waals surface area (Å²) in [4.78, 5) is 44.3. The molecular weight excluding hydrogens is 464 g/mol. The predicted molar refractivity (Wildman–Crippen MR) is 138 cm³/mol. The van der Waals surface area contributed by atoms with Gasteiger partial charge in [-0.25, -0.2) is 9.78 Å². The van der Waals surface area contributed by atoms with Crippen molar-refractivity contribution >= 4 is 34.7 Å². The van der Waals surface area contributed by atoms with Gasteiger partial charge in [-0.3, -0.25) is 14.2 Å². The maximum atomic E-state index is 13.3. The van der Waals surface area contributed by atoms with Gasteiger partial charge in [-0.1, -0.05) is 35.5 Å². The Balaban J connectivity index is 1.39. The molecule has 0 spiro atoms. The second-order valence-corrected chi connectivity index (χ2v) is 9.99. The Kier molecular flexibility index (Phi) is 8.84. The van der Waals surface area contributed by atoms with Gasteiger partial charge in [-0.05, 0) is 64.0 Å². The third kappa shape index (κ3) is 6.66. The molecule has 35 heavy (non-hydrogen) atoms. The summed E-state index contributed by atoms with van der Waals surface area (Å²) in [7, 11) is 0. The highest BCUT2D eigenvalue weighted by Gasteiger charge is 2.24. The van der Waals surface area contributed by atoms with Crippen molar-refractivity contribution in [1.29, 1.82) is 0 Å². The van der Waals surface area contributed by atoms with E-state index in [4.69, 9.17) is 9.72 Å². The number of likely N-dealkylation sites (tertiary alicyclic amines) is 1. The van der Waals surface area contributed by atoms with Crippen LogP contribution in [0, 0.1) is 0 Å². The number of para-hydroxylation sites is 1. The summed E-state index contributed by atoms with van der Waals surface area (Å²) < 4.78 is 6.78. The van der Waals surface area contributed by atoms with Crippen LogP contribution in [-0.4, -0.2) is 57.9 Å². The molecule has 1 N–H and O–H groups in total. The summed E-state index contributed by atoms with van der Waals surface area (Å²) in [6.45, 7) is 3.85. The average molecular weight is 499 g/mol. The first-order valence-electron chi connectivity index (χ1n) is 12.6. The molecule has 2 amide bonds. The molecule has 8 nitrogen and oxygen atoms in total. The minimum atomic E-state index is -0.294. The fraction of sp³-hybridized carbons (Fsp3) is 0.538. The molecule has 1 aromatic heterocycles. The van der Waals surface area contributed by atoms with Gasteiger partial charge >= 0.3 is 6.09 Å². The smallest absolute Gasteiger partial charge is 0.409 e. The molecule has 2 aliphatic rings. The van der Waals surface area contributed by atoms with E-state index >= 15 is 0 Å². The van der Waals surface area contributed by atoms with Crippen molar-refractivity contribution in [3.05, 3.63) is 46.3 Å². The number of nitrogens with zero attached hydrogens (tertiary/aromatic N) is 3. The van der Waals surface area contributed by atoms with Crippen LogP contribution in [0.1, 0.15) is 51.9 Å². The van der Waals surface area contributed by atoms with E-state index in [9.17, 15) is 14.4 Å². The van der Waals surface area contributed by atoms with Gasteiger partial charge in [0.15, 0.2) is 5.16 Å². The van der Waals surface area contributed by atoms with E-state index in [1.54, 1.807) is 16.4 Å². The number of allylic oxidation sites excluding steroid dienone is 2. The fourth-order valence-electron chi connectivity index (χ4n) is 4.66. The van der Waals surface area contributed by atoms with E-state index in [1.807, 2.05) is 24.3 Å². The predicted octanol–water partition coefficient (Wildman–Crippen LogP) is 4.12. The molecule has 2 aromatic rings. The Bertz CT molecular complexity index is 1140. The molecule has 1 saturated heterocycles. The molecule has 0 unspecified atom stereocenters. The van der Waals surface area contributed by atoms with Crippen molar-refractivity contribution in [2.45, 2.75) is 69.6 Å². The lowest BCUT2D eigenvalue weighted by Crippen LogP contribution is -2.47. The number of carbonyl (C=O) groups is 2. The van der Waals surface area contributed by atoms with Gasteiger partial charge < -0.3 is 15.0 Å². The second-order valence-electron chi connectivity index (χ2n) is 9.04. The molecule has 4 rings (SSSR count). The molecule has 0 atom stereocenters. The number of aromatic nitrogens is 2. The molecule has 188 valence electrons. The number of ether oxygens (including phenoxy) is 1. The third-order valence-corrected chi connectivity index (χ3v) is 7.56. The van der Waals surface area contributed by atoms with Gasteiger partial charge in [-0.15, -0.1) is 0 Å². The van der Waals surface area contributed by atoms with E-state index in [0.717, 1.165) is 19.3 Å². The summed E-state index contributed by atoms with van der Waals surface area (Å²) in [5.41, 5.74) is 2.00. The highest BCUT2D eigenvalue weighted by molar-refractivity contribution is 7.99. The van der Waals surface area contributed by atoms with Crippen LogP contribution in [0.15, 0.2) is 45.9 Å². The summed E-state index contributed by atoms with van der Waals surface area (Å²) in [6.07, 6.45) is 8.88. The maximum absolute atomic E-state index is 13.3. The van der Waals surface area contributed by atoms with E-state index in [1.165, 1.54) is 30.2 Å². The largest absolute Gasteiger partial charge is 0.450 e. The van der Waals surface area contributed by atoms with Crippen molar-refractivity contribution < 1.29 is 14.3 Å². The summed E-state index contributed by atoms with van der Waals surface area (Å²) in [6, 6.07) is 7.40. The van der Waals surface area contributed by atoms with Crippen LogP contribution in [0.4, 0.5) is 4.79 Å². The number of piperidine rings is 1. The van der Waals surface area contributed by atoms with E-state index in [2.05, 4.69) is 11.4 Å². The molecule has 0 radical (unpaired) electrons. The minimum absolute atomic E-state index is 0.0266. The minimum Gasteiger partial charge on any atom is -0.450 e. The highest BCUT2D eigenvalue weighted by atomic mass is 32.2. The van der Waals surface area contributed by atoms with E-state index in [0.29, 0.717) is 55.1 Å². The van der Waals surface area contributed by atoms with Crippen molar-refractivity contribution in [1.82, 2.24) is 19.8 Å². The number of thioether (sulfide) groups is 1. The SMILES string of the molecule is CCOC(=O)N1CCC(NC(=O)CSc2nc3ccccc3c(=O)n2CCC2=CCCCC2)CC1.